The van der Waals surface area contributed by atoms with E-state index in [1.807, 2.05) is 26.8 Å². The molecule has 0 saturated heterocycles. The molecule has 0 unspecified atom stereocenters. The Labute approximate surface area is 114 Å². The molecule has 0 amide bonds. The maximum Gasteiger partial charge on any atom is 0.177 e. The number of sulfone groups is 1. The molecule has 0 radical (unpaired) electrons. The first-order chi connectivity index (χ1) is 8.91. The highest BCUT2D eigenvalue weighted by atomic mass is 32.2. The van der Waals surface area contributed by atoms with Gasteiger partial charge < -0.3 is 5.11 Å². The second-order valence-electron chi connectivity index (χ2n) is 4.11. The Morgan fingerprint density at radius 2 is 1.84 bits per heavy atom. The van der Waals surface area contributed by atoms with E-state index in [-0.39, 0.29) is 11.5 Å². The molecule has 0 spiro atoms. The van der Waals surface area contributed by atoms with Crippen LogP contribution in [0.25, 0.3) is 10.9 Å². The van der Waals surface area contributed by atoms with Crippen molar-refractivity contribution in [1.82, 2.24) is 4.98 Å². The smallest absolute Gasteiger partial charge is 0.177 e. The van der Waals surface area contributed by atoms with Crippen molar-refractivity contribution in [2.75, 3.05) is 6.26 Å². The Morgan fingerprint density at radius 1 is 1.21 bits per heavy atom. The van der Waals surface area contributed by atoms with Gasteiger partial charge in [-0.05, 0) is 36.2 Å². The van der Waals surface area contributed by atoms with E-state index in [2.05, 4.69) is 4.98 Å². The molecular formula is C14H19NO3S. The summed E-state index contributed by atoms with van der Waals surface area (Å²) in [5.41, 5.74) is 1.98. The Balaban J connectivity index is 0.000000861. The van der Waals surface area contributed by atoms with E-state index in [1.165, 1.54) is 6.07 Å². The van der Waals surface area contributed by atoms with Crippen molar-refractivity contribution in [2.45, 2.75) is 32.3 Å². The van der Waals surface area contributed by atoms with E-state index in [4.69, 9.17) is 5.11 Å². The summed E-state index contributed by atoms with van der Waals surface area (Å²) in [5.74, 6) is 0. The molecule has 0 aliphatic heterocycles. The second-order valence-corrected chi connectivity index (χ2v) is 6.09. The van der Waals surface area contributed by atoms with E-state index in [1.54, 1.807) is 12.3 Å². The number of hydrogen-bond donors (Lipinski definition) is 1. The molecule has 0 saturated carbocycles. The van der Waals surface area contributed by atoms with Crippen molar-refractivity contribution in [3.05, 3.63) is 35.5 Å². The highest BCUT2D eigenvalue weighted by Gasteiger charge is 2.14. The number of aromatic nitrogens is 1. The van der Waals surface area contributed by atoms with Crippen LogP contribution in [0.1, 0.15) is 25.0 Å². The molecule has 1 N–H and O–H groups in total. The zero-order valence-electron chi connectivity index (χ0n) is 11.6. The minimum Gasteiger partial charge on any atom is -0.392 e. The van der Waals surface area contributed by atoms with Crippen molar-refractivity contribution in [3.8, 4) is 0 Å². The van der Waals surface area contributed by atoms with Gasteiger partial charge >= 0.3 is 0 Å². The van der Waals surface area contributed by atoms with Crippen LogP contribution in [0.2, 0.25) is 0 Å². The Bertz CT molecular complexity index is 678. The van der Waals surface area contributed by atoms with Crippen LogP contribution in [0.4, 0.5) is 0 Å². The summed E-state index contributed by atoms with van der Waals surface area (Å²) in [6.45, 7) is 5.70. The summed E-state index contributed by atoms with van der Waals surface area (Å²) in [7, 11) is -3.35. The topological polar surface area (TPSA) is 67.3 Å². The molecule has 104 valence electrons. The zero-order valence-corrected chi connectivity index (χ0v) is 12.5. The summed E-state index contributed by atoms with van der Waals surface area (Å²) < 4.78 is 23.4. The number of aliphatic hydroxyl groups excluding tert-OH is 1. The molecule has 0 aliphatic rings. The van der Waals surface area contributed by atoms with Crippen molar-refractivity contribution in [1.29, 1.82) is 0 Å². The first kappa shape index (κ1) is 15.6. The predicted molar refractivity (Wildman–Crippen MR) is 76.9 cm³/mol. The maximum absolute atomic E-state index is 11.7. The lowest BCUT2D eigenvalue weighted by atomic mass is 10.1. The van der Waals surface area contributed by atoms with Gasteiger partial charge in [-0.25, -0.2) is 8.42 Å². The molecule has 0 bridgehead atoms. The SMILES string of the molecule is CC.Cc1cnc2c(S(C)(=O)=O)cc(CO)cc2c1. The average Bonchev–Trinajstić information content (AvgIpc) is 2.38. The second kappa shape index (κ2) is 6.12. The van der Waals surface area contributed by atoms with Gasteiger partial charge in [-0.15, -0.1) is 0 Å². The third-order valence-corrected chi connectivity index (χ3v) is 3.64. The van der Waals surface area contributed by atoms with Crippen molar-refractivity contribution < 1.29 is 13.5 Å². The number of pyridine rings is 1. The van der Waals surface area contributed by atoms with Gasteiger partial charge in [0.2, 0.25) is 0 Å². The summed E-state index contributed by atoms with van der Waals surface area (Å²) in [4.78, 5) is 4.33. The van der Waals surface area contributed by atoms with E-state index in [9.17, 15) is 8.42 Å². The van der Waals surface area contributed by atoms with Gasteiger partial charge in [-0.3, -0.25) is 4.98 Å². The van der Waals surface area contributed by atoms with Gasteiger partial charge in [0, 0.05) is 17.8 Å². The Hall–Kier alpha value is -1.46. The van der Waals surface area contributed by atoms with Crippen LogP contribution in [0.15, 0.2) is 29.3 Å². The average molecular weight is 281 g/mol. The lowest BCUT2D eigenvalue weighted by Gasteiger charge is -2.07. The number of aryl methyl sites for hydroxylation is 1. The van der Waals surface area contributed by atoms with Crippen molar-refractivity contribution in [2.24, 2.45) is 0 Å². The highest BCUT2D eigenvalue weighted by molar-refractivity contribution is 7.91. The van der Waals surface area contributed by atoms with Gasteiger partial charge in [0.1, 0.15) is 0 Å². The van der Waals surface area contributed by atoms with Crippen LogP contribution < -0.4 is 0 Å². The minimum atomic E-state index is -3.35. The zero-order chi connectivity index (χ0) is 14.6. The molecular weight excluding hydrogens is 262 g/mol. The third-order valence-electron chi connectivity index (χ3n) is 2.53. The summed E-state index contributed by atoms with van der Waals surface area (Å²) in [6, 6.07) is 5.08. The van der Waals surface area contributed by atoms with E-state index in [0.29, 0.717) is 11.1 Å². The molecule has 0 fully saturated rings. The summed E-state index contributed by atoms with van der Waals surface area (Å²) >= 11 is 0. The largest absolute Gasteiger partial charge is 0.392 e. The molecule has 5 heteroatoms. The van der Waals surface area contributed by atoms with Gasteiger partial charge in [-0.2, -0.15) is 0 Å². The summed E-state index contributed by atoms with van der Waals surface area (Å²) in [5, 5.41) is 9.87. The van der Waals surface area contributed by atoms with Gasteiger partial charge in [0.15, 0.2) is 9.84 Å². The molecule has 1 heterocycles. The number of nitrogens with zero attached hydrogens (tertiary/aromatic N) is 1. The number of fused-ring (bicyclic) bond motifs is 1. The van der Waals surface area contributed by atoms with E-state index < -0.39 is 9.84 Å². The van der Waals surface area contributed by atoms with Crippen LogP contribution in [0, 0.1) is 6.92 Å². The Morgan fingerprint density at radius 3 is 2.37 bits per heavy atom. The fraction of sp³-hybridized carbons (Fsp3) is 0.357. The van der Waals surface area contributed by atoms with E-state index in [0.717, 1.165) is 17.2 Å². The first-order valence-corrected chi connectivity index (χ1v) is 8.01. The van der Waals surface area contributed by atoms with Gasteiger partial charge in [0.05, 0.1) is 17.0 Å². The molecule has 1 aromatic heterocycles. The van der Waals surface area contributed by atoms with Crippen LogP contribution in [0.3, 0.4) is 0 Å². The van der Waals surface area contributed by atoms with Gasteiger partial charge in [0.25, 0.3) is 0 Å². The predicted octanol–water partition coefficient (Wildman–Crippen LogP) is 2.47. The quantitative estimate of drug-likeness (QED) is 0.918. The highest BCUT2D eigenvalue weighted by Crippen LogP contribution is 2.24. The monoisotopic (exact) mass is 281 g/mol. The van der Waals surface area contributed by atoms with E-state index >= 15 is 0 Å². The van der Waals surface area contributed by atoms with Crippen molar-refractivity contribution >= 4 is 20.7 Å². The standard InChI is InChI=1S/C12H13NO3S.C2H6/c1-8-3-10-4-9(7-14)5-11(17(2,15)16)12(10)13-6-8;1-2/h3-6,14H,7H2,1-2H3;1-2H3. The minimum absolute atomic E-state index is 0.166. The molecule has 1 aromatic carbocycles. The molecule has 2 aromatic rings. The van der Waals surface area contributed by atoms with Gasteiger partial charge in [-0.1, -0.05) is 13.8 Å². The molecule has 19 heavy (non-hydrogen) atoms. The lowest BCUT2D eigenvalue weighted by molar-refractivity contribution is 0.281. The molecule has 0 atom stereocenters. The fourth-order valence-corrected chi connectivity index (χ4v) is 2.65. The normalized spacial score (nSPS) is 11.0. The molecule has 2 rings (SSSR count). The molecule has 4 nitrogen and oxygen atoms in total. The molecule has 0 aliphatic carbocycles. The Kier molecular flexibility index (Phi) is 5.03. The number of rotatable bonds is 2. The number of aliphatic hydroxyl groups is 1. The van der Waals surface area contributed by atoms with Crippen LogP contribution in [-0.2, 0) is 16.4 Å². The summed E-state index contributed by atoms with van der Waals surface area (Å²) in [6.07, 6.45) is 2.78. The maximum atomic E-state index is 11.7. The van der Waals surface area contributed by atoms with Crippen LogP contribution in [-0.4, -0.2) is 24.8 Å². The number of hydrogen-bond acceptors (Lipinski definition) is 4. The van der Waals surface area contributed by atoms with Crippen LogP contribution in [0.5, 0.6) is 0 Å². The number of benzene rings is 1. The fourth-order valence-electron chi connectivity index (χ4n) is 1.76. The first-order valence-electron chi connectivity index (χ1n) is 6.12. The third kappa shape index (κ3) is 3.52. The lowest BCUT2D eigenvalue weighted by Crippen LogP contribution is -2.01. The van der Waals surface area contributed by atoms with Crippen LogP contribution >= 0.6 is 0 Å². The van der Waals surface area contributed by atoms with Crippen molar-refractivity contribution in [3.63, 3.8) is 0 Å².